The predicted molar refractivity (Wildman–Crippen MR) is 253 cm³/mol. The smallest absolute Gasteiger partial charge is 0.238 e. The van der Waals surface area contributed by atoms with Crippen molar-refractivity contribution in [3.05, 3.63) is 218 Å². The van der Waals surface area contributed by atoms with Crippen LogP contribution >= 0.6 is 0 Å². The Morgan fingerprint density at radius 1 is 0.274 bits per heavy atom. The van der Waals surface area contributed by atoms with Crippen LogP contribution in [0.25, 0.3) is 112 Å². The van der Waals surface area contributed by atoms with Gasteiger partial charge >= 0.3 is 0 Å². The van der Waals surface area contributed by atoms with Crippen molar-refractivity contribution < 1.29 is 0 Å². The highest BCUT2D eigenvalue weighted by molar-refractivity contribution is 6.24. The zero-order valence-electron chi connectivity index (χ0n) is 33.5. The number of para-hydroxylation sites is 1. The van der Waals surface area contributed by atoms with E-state index in [1.807, 2.05) is 30.3 Å². The van der Waals surface area contributed by atoms with Crippen LogP contribution in [-0.4, -0.2) is 29.1 Å². The van der Waals surface area contributed by atoms with Gasteiger partial charge in [-0.1, -0.05) is 188 Å². The number of pyridine rings is 1. The molecule has 4 aromatic heterocycles. The van der Waals surface area contributed by atoms with Gasteiger partial charge in [0.15, 0.2) is 11.6 Å². The van der Waals surface area contributed by atoms with Crippen LogP contribution in [0.4, 0.5) is 0 Å². The van der Waals surface area contributed by atoms with Crippen LogP contribution in [0.5, 0.6) is 0 Å². The van der Waals surface area contributed by atoms with E-state index in [0.717, 1.165) is 94.1 Å². The zero-order valence-corrected chi connectivity index (χ0v) is 33.5. The molecule has 0 saturated carbocycles. The van der Waals surface area contributed by atoms with Gasteiger partial charge in [-0.15, -0.1) is 0 Å². The number of nitrogens with zero attached hydrogens (tertiary/aromatic N) is 6. The minimum Gasteiger partial charge on any atom is -0.292 e. The standard InChI is InChI=1S/C56H36N6/c1-5-16-37(17-6-1)39-28-30-42(31-29-39)55-58-54(41-22-11-4-12-23-41)59-56(60-55)62-49-26-14-13-24-44(49)45-33-34-46-47-36-43(38-18-7-2-8-19-38)32-35-50(47)61(52(46)53(45)62)51-27-15-25-48(57-51)40-20-9-3-10-21-40/h1-36H. The number of hydrogen-bond acceptors (Lipinski definition) is 4. The van der Waals surface area contributed by atoms with Gasteiger partial charge in [-0.3, -0.25) is 9.13 Å². The molecule has 0 unspecified atom stereocenters. The number of benzene rings is 8. The van der Waals surface area contributed by atoms with E-state index in [9.17, 15) is 0 Å². The maximum Gasteiger partial charge on any atom is 0.238 e. The SMILES string of the molecule is c1ccc(-c2ccc(-c3nc(-c4ccccc4)nc(-n4c5ccccc5c5ccc6c7cc(-c8ccccc8)ccc7n(-c7cccc(-c8ccccc8)n7)c6c54)n3)cc2)cc1. The summed E-state index contributed by atoms with van der Waals surface area (Å²) >= 11 is 0. The van der Waals surface area contributed by atoms with Crippen LogP contribution in [0.2, 0.25) is 0 Å². The summed E-state index contributed by atoms with van der Waals surface area (Å²) in [5.74, 6) is 2.55. The van der Waals surface area contributed by atoms with Gasteiger partial charge in [0, 0.05) is 38.2 Å². The Kier molecular flexibility index (Phi) is 8.38. The lowest BCUT2D eigenvalue weighted by Crippen LogP contribution is -2.07. The zero-order chi connectivity index (χ0) is 41.0. The second-order valence-corrected chi connectivity index (χ2v) is 15.5. The van der Waals surface area contributed by atoms with Crippen molar-refractivity contribution in [2.75, 3.05) is 0 Å². The molecule has 12 aromatic rings. The van der Waals surface area contributed by atoms with Crippen LogP contribution in [0.3, 0.4) is 0 Å². The summed E-state index contributed by atoms with van der Waals surface area (Å²) in [6, 6.07) is 76.2. The van der Waals surface area contributed by atoms with Crippen molar-refractivity contribution in [2.24, 2.45) is 0 Å². The molecule has 0 N–H and O–H groups in total. The van der Waals surface area contributed by atoms with Crippen molar-refractivity contribution >= 4 is 43.6 Å². The highest BCUT2D eigenvalue weighted by Crippen LogP contribution is 2.42. The maximum absolute atomic E-state index is 5.38. The Balaban J connectivity index is 1.17. The molecule has 0 aliphatic heterocycles. The van der Waals surface area contributed by atoms with E-state index >= 15 is 0 Å². The second kappa shape index (κ2) is 14.7. The molecule has 6 nitrogen and oxygen atoms in total. The Morgan fingerprint density at radius 2 is 0.758 bits per heavy atom. The Labute approximate surface area is 357 Å². The van der Waals surface area contributed by atoms with Gasteiger partial charge < -0.3 is 0 Å². The van der Waals surface area contributed by atoms with E-state index in [4.69, 9.17) is 19.9 Å². The molecular formula is C56H36N6. The van der Waals surface area contributed by atoms with Crippen LogP contribution in [0.15, 0.2) is 218 Å². The number of aromatic nitrogens is 6. The van der Waals surface area contributed by atoms with Gasteiger partial charge in [-0.25, -0.2) is 9.97 Å². The van der Waals surface area contributed by atoms with Crippen molar-refractivity contribution in [3.63, 3.8) is 0 Å². The van der Waals surface area contributed by atoms with E-state index in [-0.39, 0.29) is 0 Å². The molecule has 290 valence electrons. The highest BCUT2D eigenvalue weighted by atomic mass is 15.2. The van der Waals surface area contributed by atoms with Crippen LogP contribution in [-0.2, 0) is 0 Å². The summed E-state index contributed by atoms with van der Waals surface area (Å²) in [6.45, 7) is 0. The third kappa shape index (κ3) is 5.96. The van der Waals surface area contributed by atoms with E-state index in [0.29, 0.717) is 17.6 Å². The molecule has 0 aliphatic carbocycles. The summed E-state index contributed by atoms with van der Waals surface area (Å²) < 4.78 is 4.56. The van der Waals surface area contributed by atoms with Crippen molar-refractivity contribution in [1.82, 2.24) is 29.1 Å². The molecule has 12 rings (SSSR count). The Bertz CT molecular complexity index is 3600. The van der Waals surface area contributed by atoms with E-state index < -0.39 is 0 Å². The lowest BCUT2D eigenvalue weighted by molar-refractivity contribution is 0.952. The summed E-state index contributed by atoms with van der Waals surface area (Å²) in [5, 5.41) is 4.44. The number of fused-ring (bicyclic) bond motifs is 7. The molecule has 0 saturated heterocycles. The fourth-order valence-corrected chi connectivity index (χ4v) is 8.88. The second-order valence-electron chi connectivity index (χ2n) is 15.5. The predicted octanol–water partition coefficient (Wildman–Crippen LogP) is 13.8. The molecule has 6 heteroatoms. The topological polar surface area (TPSA) is 61.4 Å². The molecular weight excluding hydrogens is 757 g/mol. The fraction of sp³-hybridized carbons (Fsp3) is 0. The molecule has 0 aliphatic rings. The molecule has 62 heavy (non-hydrogen) atoms. The first-order chi connectivity index (χ1) is 30.7. The summed E-state index contributed by atoms with van der Waals surface area (Å²) in [4.78, 5) is 21.2. The molecule has 0 amide bonds. The number of rotatable bonds is 7. The third-order valence-electron chi connectivity index (χ3n) is 11.8. The summed E-state index contributed by atoms with van der Waals surface area (Å²) in [7, 11) is 0. The molecule has 4 heterocycles. The van der Waals surface area contributed by atoms with Gasteiger partial charge in [-0.2, -0.15) is 9.97 Å². The third-order valence-corrected chi connectivity index (χ3v) is 11.8. The van der Waals surface area contributed by atoms with E-state index in [1.165, 1.54) is 0 Å². The monoisotopic (exact) mass is 792 g/mol. The number of hydrogen-bond donors (Lipinski definition) is 0. The normalized spacial score (nSPS) is 11.5. The van der Waals surface area contributed by atoms with Crippen molar-refractivity contribution in [1.29, 1.82) is 0 Å². The van der Waals surface area contributed by atoms with E-state index in [1.54, 1.807) is 0 Å². The summed E-state index contributed by atoms with van der Waals surface area (Å²) in [6.07, 6.45) is 0. The molecule has 0 bridgehead atoms. The molecule has 0 atom stereocenters. The van der Waals surface area contributed by atoms with Crippen molar-refractivity contribution in [2.45, 2.75) is 0 Å². The largest absolute Gasteiger partial charge is 0.292 e. The van der Waals surface area contributed by atoms with Gasteiger partial charge in [0.1, 0.15) is 5.82 Å². The van der Waals surface area contributed by atoms with Gasteiger partial charge in [0.2, 0.25) is 5.95 Å². The average molecular weight is 793 g/mol. The molecule has 0 fully saturated rings. The van der Waals surface area contributed by atoms with Crippen LogP contribution in [0.1, 0.15) is 0 Å². The van der Waals surface area contributed by atoms with E-state index in [2.05, 4.69) is 197 Å². The maximum atomic E-state index is 5.38. The van der Waals surface area contributed by atoms with Crippen LogP contribution in [0, 0.1) is 0 Å². The summed E-state index contributed by atoms with van der Waals surface area (Å²) in [5.41, 5.74) is 12.4. The minimum absolute atomic E-state index is 0.535. The lowest BCUT2D eigenvalue weighted by Gasteiger charge is -2.13. The average Bonchev–Trinajstić information content (AvgIpc) is 3.88. The lowest BCUT2D eigenvalue weighted by atomic mass is 10.0. The Morgan fingerprint density at radius 3 is 1.44 bits per heavy atom. The molecule has 0 spiro atoms. The van der Waals surface area contributed by atoms with Gasteiger partial charge in [0.25, 0.3) is 0 Å². The quantitative estimate of drug-likeness (QED) is 0.161. The first-order valence-corrected chi connectivity index (χ1v) is 20.8. The fourth-order valence-electron chi connectivity index (χ4n) is 8.88. The highest BCUT2D eigenvalue weighted by Gasteiger charge is 2.24. The first kappa shape index (κ1) is 35.5. The van der Waals surface area contributed by atoms with Crippen LogP contribution < -0.4 is 0 Å². The first-order valence-electron chi connectivity index (χ1n) is 20.8. The molecule has 0 radical (unpaired) electrons. The van der Waals surface area contributed by atoms with Crippen molar-refractivity contribution in [3.8, 4) is 68.1 Å². The van der Waals surface area contributed by atoms with Gasteiger partial charge in [0.05, 0.1) is 27.8 Å². The van der Waals surface area contributed by atoms with Gasteiger partial charge in [-0.05, 0) is 52.6 Å². The minimum atomic E-state index is 0.535. The Hall–Kier alpha value is -8.48. The molecule has 8 aromatic carbocycles.